The number of rotatable bonds is 2. The molecule has 0 aromatic heterocycles. The highest BCUT2D eigenvalue weighted by Gasteiger charge is 2.36. The Morgan fingerprint density at radius 1 is 1.11 bits per heavy atom. The fourth-order valence-corrected chi connectivity index (χ4v) is 1.41. The lowest BCUT2D eigenvalue weighted by Crippen LogP contribution is -2.34. The van der Waals surface area contributed by atoms with Crippen molar-refractivity contribution >= 4 is 17.2 Å². The summed E-state index contributed by atoms with van der Waals surface area (Å²) < 4.78 is 38.6. The summed E-state index contributed by atoms with van der Waals surface area (Å²) in [6.45, 7) is 6.63. The van der Waals surface area contributed by atoms with Gasteiger partial charge in [0, 0.05) is 5.71 Å². The minimum absolute atomic E-state index is 0.311. The molecule has 19 heavy (non-hydrogen) atoms. The van der Waals surface area contributed by atoms with Gasteiger partial charge < -0.3 is 0 Å². The molecular formula is C13H16F3N3. The van der Waals surface area contributed by atoms with Crippen molar-refractivity contribution in [2.45, 2.75) is 33.9 Å². The van der Waals surface area contributed by atoms with E-state index in [-0.39, 0.29) is 0 Å². The lowest BCUT2D eigenvalue weighted by atomic mass is 10.1. The normalized spacial score (nSPS) is 12.3. The van der Waals surface area contributed by atoms with Crippen LogP contribution in [0.1, 0.15) is 25.0 Å². The Kier molecular flexibility index (Phi) is 4.69. The summed E-state index contributed by atoms with van der Waals surface area (Å²) in [6.07, 6.45) is -4.58. The third kappa shape index (κ3) is 4.39. The van der Waals surface area contributed by atoms with E-state index in [4.69, 9.17) is 0 Å². The van der Waals surface area contributed by atoms with Crippen LogP contribution in [0.4, 0.5) is 18.9 Å². The first kappa shape index (κ1) is 15.2. The van der Waals surface area contributed by atoms with Gasteiger partial charge in [0.1, 0.15) is 0 Å². The van der Waals surface area contributed by atoms with E-state index in [0.29, 0.717) is 22.5 Å². The molecule has 0 aliphatic rings. The zero-order valence-corrected chi connectivity index (χ0v) is 11.3. The summed E-state index contributed by atoms with van der Waals surface area (Å²) in [6, 6.07) is 5.21. The second kappa shape index (κ2) is 5.86. The molecule has 104 valence electrons. The standard InChI is InChI=1S/C13H16F3N3/c1-8(2)18-19-12(13(14,15)16)17-11-9(3)6-5-7-10(11)4/h5-7H,1-4H3,(H,17,19). The Hall–Kier alpha value is -1.85. The number of hydrogen-bond donors (Lipinski definition) is 1. The zero-order chi connectivity index (χ0) is 14.6. The molecule has 0 atom stereocenters. The van der Waals surface area contributed by atoms with Gasteiger partial charge in [-0.15, -0.1) is 0 Å². The minimum Gasteiger partial charge on any atom is -0.257 e. The Morgan fingerprint density at radius 3 is 2.05 bits per heavy atom. The van der Waals surface area contributed by atoms with Gasteiger partial charge >= 0.3 is 6.18 Å². The van der Waals surface area contributed by atoms with Gasteiger partial charge in [0.2, 0.25) is 5.84 Å². The zero-order valence-electron chi connectivity index (χ0n) is 11.3. The van der Waals surface area contributed by atoms with Crippen molar-refractivity contribution in [3.05, 3.63) is 29.3 Å². The smallest absolute Gasteiger partial charge is 0.257 e. The molecule has 1 rings (SSSR count). The van der Waals surface area contributed by atoms with Crippen molar-refractivity contribution < 1.29 is 13.2 Å². The predicted octanol–water partition coefficient (Wildman–Crippen LogP) is 3.88. The third-order valence-corrected chi connectivity index (χ3v) is 2.32. The number of hydrazone groups is 1. The number of amidine groups is 1. The van der Waals surface area contributed by atoms with Crippen molar-refractivity contribution in [2.24, 2.45) is 10.1 Å². The summed E-state index contributed by atoms with van der Waals surface area (Å²) in [4.78, 5) is 3.67. The van der Waals surface area contributed by atoms with Gasteiger partial charge in [0.15, 0.2) is 0 Å². The van der Waals surface area contributed by atoms with Crippen LogP contribution in [-0.4, -0.2) is 17.7 Å². The number of hydrogen-bond acceptors (Lipinski definition) is 2. The van der Waals surface area contributed by atoms with Crippen LogP contribution in [0.15, 0.2) is 28.3 Å². The molecule has 0 spiro atoms. The molecule has 0 aliphatic carbocycles. The monoisotopic (exact) mass is 271 g/mol. The van der Waals surface area contributed by atoms with Crippen LogP contribution >= 0.6 is 0 Å². The van der Waals surface area contributed by atoms with E-state index in [1.54, 1.807) is 45.9 Å². The lowest BCUT2D eigenvalue weighted by Gasteiger charge is -2.12. The number of halogens is 3. The van der Waals surface area contributed by atoms with E-state index in [0.717, 1.165) is 0 Å². The molecule has 0 radical (unpaired) electrons. The maximum absolute atomic E-state index is 12.9. The van der Waals surface area contributed by atoms with Gasteiger partial charge in [-0.05, 0) is 38.8 Å². The lowest BCUT2D eigenvalue weighted by molar-refractivity contribution is -0.0617. The molecule has 0 heterocycles. The van der Waals surface area contributed by atoms with Crippen LogP contribution in [0, 0.1) is 13.8 Å². The topological polar surface area (TPSA) is 36.8 Å². The molecule has 3 nitrogen and oxygen atoms in total. The van der Waals surface area contributed by atoms with E-state index >= 15 is 0 Å². The summed E-state index contributed by atoms with van der Waals surface area (Å²) in [5, 5.41) is 3.56. The van der Waals surface area contributed by atoms with Crippen molar-refractivity contribution in [1.29, 1.82) is 0 Å². The first-order chi connectivity index (χ1) is 8.71. The molecule has 0 amide bonds. The van der Waals surface area contributed by atoms with Crippen LogP contribution in [0.2, 0.25) is 0 Å². The molecule has 0 saturated heterocycles. The van der Waals surface area contributed by atoms with E-state index < -0.39 is 12.0 Å². The highest BCUT2D eigenvalue weighted by atomic mass is 19.4. The largest absolute Gasteiger partial charge is 0.451 e. The first-order valence-corrected chi connectivity index (χ1v) is 5.71. The van der Waals surface area contributed by atoms with Crippen LogP contribution < -0.4 is 5.43 Å². The van der Waals surface area contributed by atoms with Crippen molar-refractivity contribution in [1.82, 2.24) is 5.43 Å². The molecule has 0 saturated carbocycles. The van der Waals surface area contributed by atoms with Crippen molar-refractivity contribution in [3.63, 3.8) is 0 Å². The third-order valence-electron chi connectivity index (χ3n) is 2.32. The summed E-state index contributed by atoms with van der Waals surface area (Å²) in [5.41, 5.74) is 4.13. The minimum atomic E-state index is -4.58. The summed E-state index contributed by atoms with van der Waals surface area (Å²) >= 11 is 0. The summed E-state index contributed by atoms with van der Waals surface area (Å²) in [5.74, 6) is -1.12. The maximum Gasteiger partial charge on any atom is 0.451 e. The Morgan fingerprint density at radius 2 is 1.63 bits per heavy atom. The highest BCUT2D eigenvalue weighted by Crippen LogP contribution is 2.26. The maximum atomic E-state index is 12.9. The number of benzene rings is 1. The Balaban J connectivity index is 3.24. The van der Waals surface area contributed by atoms with Crippen molar-refractivity contribution in [2.75, 3.05) is 0 Å². The quantitative estimate of drug-likeness (QED) is 0.494. The molecule has 0 fully saturated rings. The second-order valence-corrected chi connectivity index (χ2v) is 4.37. The molecule has 1 aromatic carbocycles. The molecule has 0 unspecified atom stereocenters. The molecular weight excluding hydrogens is 255 g/mol. The van der Waals surface area contributed by atoms with E-state index in [1.165, 1.54) is 0 Å². The SMILES string of the molecule is CC(C)=NNC(=Nc1c(C)cccc1C)C(F)(F)F. The molecule has 1 aromatic rings. The fraction of sp³-hybridized carbons (Fsp3) is 0.385. The number of aryl methyl sites for hydroxylation is 2. The van der Waals surface area contributed by atoms with Gasteiger partial charge in [0.05, 0.1) is 5.69 Å². The number of alkyl halides is 3. The van der Waals surface area contributed by atoms with Gasteiger partial charge in [-0.2, -0.15) is 18.3 Å². The van der Waals surface area contributed by atoms with Gasteiger partial charge in [-0.25, -0.2) is 4.99 Å². The molecule has 0 aliphatic heterocycles. The average Bonchev–Trinajstić information content (AvgIpc) is 2.25. The van der Waals surface area contributed by atoms with E-state index in [2.05, 4.69) is 10.1 Å². The summed E-state index contributed by atoms with van der Waals surface area (Å²) in [7, 11) is 0. The van der Waals surface area contributed by atoms with Crippen LogP contribution in [0.3, 0.4) is 0 Å². The van der Waals surface area contributed by atoms with Gasteiger partial charge in [-0.1, -0.05) is 18.2 Å². The van der Waals surface area contributed by atoms with E-state index in [1.807, 2.05) is 5.43 Å². The van der Waals surface area contributed by atoms with Crippen molar-refractivity contribution in [3.8, 4) is 0 Å². The average molecular weight is 271 g/mol. The fourth-order valence-electron chi connectivity index (χ4n) is 1.41. The molecule has 0 bridgehead atoms. The van der Waals surface area contributed by atoms with E-state index in [9.17, 15) is 13.2 Å². The Bertz CT molecular complexity index is 492. The predicted molar refractivity (Wildman–Crippen MR) is 71.0 cm³/mol. The van der Waals surface area contributed by atoms with Gasteiger partial charge in [0.25, 0.3) is 0 Å². The number of para-hydroxylation sites is 1. The second-order valence-electron chi connectivity index (χ2n) is 4.37. The van der Waals surface area contributed by atoms with Crippen LogP contribution in [-0.2, 0) is 0 Å². The first-order valence-electron chi connectivity index (χ1n) is 5.71. The Labute approximate surface area is 110 Å². The van der Waals surface area contributed by atoms with Crippen LogP contribution in [0.5, 0.6) is 0 Å². The highest BCUT2D eigenvalue weighted by molar-refractivity contribution is 5.91. The van der Waals surface area contributed by atoms with Crippen LogP contribution in [0.25, 0.3) is 0 Å². The number of aliphatic imine (C=N–C) groups is 1. The number of nitrogens with one attached hydrogen (secondary N) is 1. The van der Waals surface area contributed by atoms with Gasteiger partial charge in [-0.3, -0.25) is 5.43 Å². The molecule has 6 heteroatoms. The number of nitrogens with zero attached hydrogens (tertiary/aromatic N) is 2. The molecule has 1 N–H and O–H groups in total.